The van der Waals surface area contributed by atoms with E-state index in [9.17, 15) is 14.4 Å². The standard InChI is InChI=1S/C25H31N3O3/c1-18-11-13-21(14-12-18)28(23(30)17-26-20(3)29)25(15-7-4-8-16-25)24(31)27-22-10-6-5-9-19(22)2/h5-6,9-14H,4,7-8,15-17H2,1-3H3,(H,26,29)(H,27,31). The minimum absolute atomic E-state index is 0.150. The lowest BCUT2D eigenvalue weighted by molar-refractivity contribution is -0.128. The van der Waals surface area contributed by atoms with Gasteiger partial charge in [0.15, 0.2) is 0 Å². The molecule has 1 aliphatic carbocycles. The molecule has 0 aromatic heterocycles. The van der Waals surface area contributed by atoms with Gasteiger partial charge in [0.25, 0.3) is 5.91 Å². The zero-order valence-electron chi connectivity index (χ0n) is 18.5. The largest absolute Gasteiger partial charge is 0.347 e. The average Bonchev–Trinajstić information content (AvgIpc) is 2.76. The van der Waals surface area contributed by atoms with Crippen LogP contribution in [0.4, 0.5) is 11.4 Å². The highest BCUT2D eigenvalue weighted by atomic mass is 16.2. The third-order valence-corrected chi connectivity index (χ3v) is 5.95. The van der Waals surface area contributed by atoms with Crippen LogP contribution in [0.25, 0.3) is 0 Å². The second kappa shape index (κ2) is 9.77. The third kappa shape index (κ3) is 5.13. The molecule has 6 nitrogen and oxygen atoms in total. The number of para-hydroxylation sites is 1. The fourth-order valence-electron chi connectivity index (χ4n) is 4.24. The van der Waals surface area contributed by atoms with Crippen molar-refractivity contribution in [3.05, 3.63) is 59.7 Å². The molecule has 0 bridgehead atoms. The maximum absolute atomic E-state index is 13.8. The Morgan fingerprint density at radius 3 is 2.19 bits per heavy atom. The zero-order chi connectivity index (χ0) is 22.4. The minimum atomic E-state index is -1.01. The van der Waals surface area contributed by atoms with Crippen LogP contribution < -0.4 is 15.5 Å². The molecule has 164 valence electrons. The van der Waals surface area contributed by atoms with Crippen molar-refractivity contribution in [2.24, 2.45) is 0 Å². The summed E-state index contributed by atoms with van der Waals surface area (Å²) in [5.74, 6) is -0.751. The fraction of sp³-hybridized carbons (Fsp3) is 0.400. The zero-order valence-corrected chi connectivity index (χ0v) is 18.5. The van der Waals surface area contributed by atoms with Crippen molar-refractivity contribution in [1.82, 2.24) is 5.32 Å². The fourth-order valence-corrected chi connectivity index (χ4v) is 4.24. The topological polar surface area (TPSA) is 78.5 Å². The molecule has 2 aromatic carbocycles. The predicted octanol–water partition coefficient (Wildman–Crippen LogP) is 4.11. The van der Waals surface area contributed by atoms with E-state index in [1.165, 1.54) is 6.92 Å². The lowest BCUT2D eigenvalue weighted by Gasteiger charge is -2.45. The number of hydrogen-bond acceptors (Lipinski definition) is 3. The van der Waals surface area contributed by atoms with Gasteiger partial charge in [0.2, 0.25) is 11.8 Å². The Labute approximate surface area is 184 Å². The Bertz CT molecular complexity index is 947. The summed E-state index contributed by atoms with van der Waals surface area (Å²) in [6.07, 6.45) is 3.89. The smallest absolute Gasteiger partial charge is 0.250 e. The van der Waals surface area contributed by atoms with Crippen LogP contribution in [0.2, 0.25) is 0 Å². The highest BCUT2D eigenvalue weighted by molar-refractivity contribution is 6.09. The predicted molar refractivity (Wildman–Crippen MR) is 123 cm³/mol. The first kappa shape index (κ1) is 22.5. The van der Waals surface area contributed by atoms with Crippen LogP contribution in [-0.2, 0) is 14.4 Å². The van der Waals surface area contributed by atoms with Gasteiger partial charge in [0.1, 0.15) is 5.54 Å². The first-order valence-corrected chi connectivity index (χ1v) is 10.8. The molecule has 6 heteroatoms. The van der Waals surface area contributed by atoms with Crippen LogP contribution in [0.5, 0.6) is 0 Å². The van der Waals surface area contributed by atoms with Crippen LogP contribution in [0.15, 0.2) is 48.5 Å². The number of carbonyl (C=O) groups excluding carboxylic acids is 3. The summed E-state index contributed by atoms with van der Waals surface area (Å²) in [5, 5.41) is 5.68. The van der Waals surface area contributed by atoms with Crippen LogP contribution in [0.3, 0.4) is 0 Å². The molecule has 0 saturated heterocycles. The van der Waals surface area contributed by atoms with Crippen molar-refractivity contribution in [3.8, 4) is 0 Å². The number of anilines is 2. The van der Waals surface area contributed by atoms with Crippen molar-refractivity contribution >= 4 is 29.1 Å². The van der Waals surface area contributed by atoms with Crippen LogP contribution in [-0.4, -0.2) is 29.8 Å². The van der Waals surface area contributed by atoms with Gasteiger partial charge in [-0.2, -0.15) is 0 Å². The Kier molecular flexibility index (Phi) is 7.10. The van der Waals surface area contributed by atoms with Crippen molar-refractivity contribution < 1.29 is 14.4 Å². The molecule has 1 fully saturated rings. The van der Waals surface area contributed by atoms with E-state index in [0.717, 1.165) is 36.1 Å². The van der Waals surface area contributed by atoms with Gasteiger partial charge in [-0.1, -0.05) is 55.2 Å². The lowest BCUT2D eigenvalue weighted by atomic mass is 9.78. The van der Waals surface area contributed by atoms with E-state index in [1.807, 2.05) is 62.4 Å². The SMILES string of the molecule is CC(=O)NCC(=O)N(c1ccc(C)cc1)C1(C(=O)Nc2ccccc2C)CCCCC1. The maximum atomic E-state index is 13.8. The van der Waals surface area contributed by atoms with Gasteiger partial charge < -0.3 is 10.6 Å². The number of benzene rings is 2. The first-order valence-electron chi connectivity index (χ1n) is 10.8. The number of nitrogens with one attached hydrogen (secondary N) is 2. The average molecular weight is 422 g/mol. The molecule has 0 radical (unpaired) electrons. The summed E-state index contributed by atoms with van der Waals surface area (Å²) < 4.78 is 0. The quantitative estimate of drug-likeness (QED) is 0.737. The number of hydrogen-bond donors (Lipinski definition) is 2. The van der Waals surface area contributed by atoms with Crippen molar-refractivity contribution in [3.63, 3.8) is 0 Å². The maximum Gasteiger partial charge on any atom is 0.250 e. The summed E-state index contributed by atoms with van der Waals surface area (Å²) in [4.78, 5) is 40.2. The molecule has 0 atom stereocenters. The van der Waals surface area contributed by atoms with Gasteiger partial charge in [-0.05, 0) is 50.5 Å². The van der Waals surface area contributed by atoms with Gasteiger partial charge >= 0.3 is 0 Å². The summed E-state index contributed by atoms with van der Waals surface area (Å²) >= 11 is 0. The van der Waals surface area contributed by atoms with Gasteiger partial charge in [-0.15, -0.1) is 0 Å². The summed E-state index contributed by atoms with van der Waals surface area (Å²) in [6.45, 7) is 5.16. The molecule has 2 aromatic rings. The lowest BCUT2D eigenvalue weighted by Crippen LogP contribution is -2.62. The Morgan fingerprint density at radius 2 is 1.58 bits per heavy atom. The second-order valence-electron chi connectivity index (χ2n) is 8.34. The molecule has 0 heterocycles. The third-order valence-electron chi connectivity index (χ3n) is 5.95. The van der Waals surface area contributed by atoms with Crippen LogP contribution in [0.1, 0.15) is 50.2 Å². The number of nitrogens with zero attached hydrogens (tertiary/aromatic N) is 1. The Morgan fingerprint density at radius 1 is 0.935 bits per heavy atom. The molecule has 3 rings (SSSR count). The summed E-state index contributed by atoms with van der Waals surface area (Å²) in [7, 11) is 0. The molecule has 0 spiro atoms. The van der Waals surface area contributed by atoms with Crippen molar-refractivity contribution in [1.29, 1.82) is 0 Å². The van der Waals surface area contributed by atoms with E-state index in [-0.39, 0.29) is 24.3 Å². The number of amides is 3. The highest BCUT2D eigenvalue weighted by Crippen LogP contribution is 2.38. The molecule has 1 saturated carbocycles. The van der Waals surface area contributed by atoms with Crippen molar-refractivity contribution in [2.75, 3.05) is 16.8 Å². The molecule has 0 aliphatic heterocycles. The monoisotopic (exact) mass is 421 g/mol. The van der Waals surface area contributed by atoms with E-state index >= 15 is 0 Å². The summed E-state index contributed by atoms with van der Waals surface area (Å²) in [6, 6.07) is 15.2. The number of aryl methyl sites for hydroxylation is 2. The van der Waals surface area contributed by atoms with Gasteiger partial charge in [-0.3, -0.25) is 19.3 Å². The van der Waals surface area contributed by atoms with E-state index in [4.69, 9.17) is 0 Å². The Hall–Kier alpha value is -3.15. The normalized spacial score (nSPS) is 15.1. The van der Waals surface area contributed by atoms with E-state index in [1.54, 1.807) is 4.90 Å². The molecule has 31 heavy (non-hydrogen) atoms. The van der Waals surface area contributed by atoms with E-state index in [2.05, 4.69) is 10.6 Å². The molecular formula is C25H31N3O3. The second-order valence-corrected chi connectivity index (χ2v) is 8.34. The molecule has 1 aliphatic rings. The summed E-state index contributed by atoms with van der Waals surface area (Å²) in [5.41, 5.74) is 2.44. The number of rotatable bonds is 6. The Balaban J connectivity index is 2.03. The molecule has 3 amide bonds. The molecule has 2 N–H and O–H groups in total. The number of carbonyl (C=O) groups is 3. The van der Waals surface area contributed by atoms with Crippen molar-refractivity contribution in [2.45, 2.75) is 58.4 Å². The van der Waals surface area contributed by atoms with E-state index < -0.39 is 5.54 Å². The highest BCUT2D eigenvalue weighted by Gasteiger charge is 2.47. The van der Waals surface area contributed by atoms with E-state index in [0.29, 0.717) is 18.5 Å². The minimum Gasteiger partial charge on any atom is -0.347 e. The van der Waals surface area contributed by atoms with Gasteiger partial charge in [0.05, 0.1) is 6.54 Å². The first-order chi connectivity index (χ1) is 14.8. The molecular weight excluding hydrogens is 390 g/mol. The molecule has 0 unspecified atom stereocenters. The van der Waals surface area contributed by atoms with Gasteiger partial charge in [0, 0.05) is 18.3 Å². The van der Waals surface area contributed by atoms with Crippen LogP contribution in [0, 0.1) is 13.8 Å². The van der Waals surface area contributed by atoms with Crippen LogP contribution >= 0.6 is 0 Å². The van der Waals surface area contributed by atoms with Gasteiger partial charge in [-0.25, -0.2) is 0 Å².